The highest BCUT2D eigenvalue weighted by atomic mass is 32.2. The number of thioether (sulfide) groups is 1. The summed E-state index contributed by atoms with van der Waals surface area (Å²) in [5.74, 6) is -1.70. The van der Waals surface area contributed by atoms with Crippen molar-refractivity contribution in [3.8, 4) is 0 Å². The molecule has 2 atom stereocenters. The van der Waals surface area contributed by atoms with Crippen molar-refractivity contribution in [1.82, 2.24) is 10.6 Å². The van der Waals surface area contributed by atoms with Crippen LogP contribution >= 0.6 is 11.8 Å². The number of benzene rings is 1. The molecule has 0 saturated carbocycles. The van der Waals surface area contributed by atoms with Crippen LogP contribution in [0.15, 0.2) is 30.3 Å². The normalized spacial score (nSPS) is 13.5. The number of amides is 2. The Balaban J connectivity index is 2.88. The van der Waals surface area contributed by atoms with E-state index in [-0.39, 0.29) is 31.5 Å². The van der Waals surface area contributed by atoms with Crippen LogP contribution in [0.2, 0.25) is 0 Å². The summed E-state index contributed by atoms with van der Waals surface area (Å²) in [6.45, 7) is 10.4. The Kier molecular flexibility index (Phi) is 12.4. The zero-order chi connectivity index (χ0) is 26.6. The summed E-state index contributed by atoms with van der Waals surface area (Å²) in [5, 5.41) is 4.29. The minimum Gasteiger partial charge on any atom is -0.464 e. The maximum Gasteiger partial charge on any atom is 0.331 e. The molecule has 1 rings (SSSR count). The lowest BCUT2D eigenvalue weighted by atomic mass is 9.90. The van der Waals surface area contributed by atoms with E-state index >= 15 is 0 Å². The Hall–Kier alpha value is -2.43. The third-order valence-electron chi connectivity index (χ3n) is 4.81. The molecule has 0 aromatic heterocycles. The van der Waals surface area contributed by atoms with Crippen LogP contribution in [-0.2, 0) is 40.0 Å². The van der Waals surface area contributed by atoms with Gasteiger partial charge in [0.1, 0.15) is 12.1 Å². The molecule has 0 saturated heterocycles. The molecule has 2 N–H and O–H groups in total. The number of carbonyl (C=O) groups excluding carboxylic acids is 4. The summed E-state index contributed by atoms with van der Waals surface area (Å²) in [5.41, 5.74) is -1.03. The van der Waals surface area contributed by atoms with E-state index < -0.39 is 40.0 Å². The molecular weight excluding hydrogens is 472 g/mol. The highest BCUT2D eigenvalue weighted by Gasteiger charge is 2.39. The highest BCUT2D eigenvalue weighted by Crippen LogP contribution is 2.31. The molecule has 1 aromatic carbocycles. The number of hydrogen-bond acceptors (Lipinski definition) is 8. The topological polar surface area (TPSA) is 120 Å². The van der Waals surface area contributed by atoms with Crippen LogP contribution in [0.3, 0.4) is 0 Å². The number of esters is 1. The molecule has 9 nitrogen and oxygen atoms in total. The van der Waals surface area contributed by atoms with Crippen LogP contribution < -0.4 is 10.6 Å². The lowest BCUT2D eigenvalue weighted by Crippen LogP contribution is -2.60. The van der Waals surface area contributed by atoms with Gasteiger partial charge >= 0.3 is 5.97 Å². The van der Waals surface area contributed by atoms with Crippen molar-refractivity contribution >= 4 is 34.7 Å². The average Bonchev–Trinajstić information content (AvgIpc) is 2.76. The Morgan fingerprint density at radius 3 is 2.20 bits per heavy atom. The van der Waals surface area contributed by atoms with E-state index in [1.54, 1.807) is 6.92 Å². The summed E-state index contributed by atoms with van der Waals surface area (Å²) < 4.78 is 15.6. The lowest BCUT2D eigenvalue weighted by molar-refractivity contribution is -0.150. The molecule has 0 aliphatic rings. The lowest BCUT2D eigenvalue weighted by Gasteiger charge is -2.33. The number of ether oxygens (including phenoxy) is 3. The van der Waals surface area contributed by atoms with Gasteiger partial charge in [-0.3, -0.25) is 14.4 Å². The van der Waals surface area contributed by atoms with Gasteiger partial charge in [0.2, 0.25) is 16.9 Å². The molecule has 0 aliphatic carbocycles. The predicted molar refractivity (Wildman–Crippen MR) is 135 cm³/mol. The fraction of sp³-hybridized carbons (Fsp3) is 0.600. The van der Waals surface area contributed by atoms with Crippen LogP contribution in [0.1, 0.15) is 47.1 Å². The third-order valence-corrected chi connectivity index (χ3v) is 6.35. The zero-order valence-corrected chi connectivity index (χ0v) is 22.5. The molecular formula is C25H38N2O7S. The van der Waals surface area contributed by atoms with E-state index in [9.17, 15) is 19.2 Å². The van der Waals surface area contributed by atoms with Crippen molar-refractivity contribution in [1.29, 1.82) is 0 Å². The molecule has 0 fully saturated rings. The van der Waals surface area contributed by atoms with Gasteiger partial charge in [-0.15, -0.1) is 0 Å². The molecule has 0 heterocycles. The predicted octanol–water partition coefficient (Wildman–Crippen LogP) is 2.47. The van der Waals surface area contributed by atoms with Crippen molar-refractivity contribution in [2.75, 3.05) is 26.9 Å². The SMILES string of the molecule is CCOC(=O)[C@H](COCc1ccccc1)NC(=O)C(C)(C)NC(=O)[C@H](SC(=O)COC)C(C)(C)C. The van der Waals surface area contributed by atoms with Gasteiger partial charge in [-0.1, -0.05) is 62.9 Å². The van der Waals surface area contributed by atoms with E-state index in [1.165, 1.54) is 21.0 Å². The van der Waals surface area contributed by atoms with Crippen LogP contribution in [0.4, 0.5) is 0 Å². The summed E-state index contributed by atoms with van der Waals surface area (Å²) in [4.78, 5) is 50.7. The van der Waals surface area contributed by atoms with Gasteiger partial charge < -0.3 is 24.8 Å². The maximum absolute atomic E-state index is 13.1. The van der Waals surface area contributed by atoms with Crippen molar-refractivity contribution in [3.05, 3.63) is 35.9 Å². The van der Waals surface area contributed by atoms with Crippen molar-refractivity contribution < 1.29 is 33.4 Å². The van der Waals surface area contributed by atoms with Crippen LogP contribution in [0.5, 0.6) is 0 Å². The first-order valence-corrected chi connectivity index (χ1v) is 12.3. The molecule has 0 radical (unpaired) electrons. The molecule has 2 amide bonds. The number of nitrogens with one attached hydrogen (secondary N) is 2. The van der Waals surface area contributed by atoms with Crippen molar-refractivity contribution in [2.45, 2.75) is 65.0 Å². The Morgan fingerprint density at radius 2 is 1.66 bits per heavy atom. The van der Waals surface area contributed by atoms with E-state index in [2.05, 4.69) is 10.6 Å². The number of hydrogen-bond donors (Lipinski definition) is 2. The second-order valence-corrected chi connectivity index (χ2v) is 10.7. The number of carbonyl (C=O) groups is 4. The van der Waals surface area contributed by atoms with Gasteiger partial charge in [0.25, 0.3) is 0 Å². The summed E-state index contributed by atoms with van der Waals surface area (Å²) in [6.07, 6.45) is 0. The van der Waals surface area contributed by atoms with Gasteiger partial charge in [-0.25, -0.2) is 4.79 Å². The molecule has 0 aliphatic heterocycles. The summed E-state index contributed by atoms with van der Waals surface area (Å²) >= 11 is 0.869. The monoisotopic (exact) mass is 510 g/mol. The van der Waals surface area contributed by atoms with Crippen LogP contribution in [0, 0.1) is 5.41 Å². The van der Waals surface area contributed by atoms with Crippen molar-refractivity contribution in [2.24, 2.45) is 5.41 Å². The molecule has 10 heteroatoms. The minimum absolute atomic E-state index is 0.102. The second-order valence-electron chi connectivity index (χ2n) is 9.56. The summed E-state index contributed by atoms with van der Waals surface area (Å²) in [6, 6.07) is 8.35. The average molecular weight is 511 g/mol. The van der Waals surface area contributed by atoms with Gasteiger partial charge in [-0.2, -0.15) is 0 Å². The molecule has 0 spiro atoms. The first kappa shape index (κ1) is 30.6. The smallest absolute Gasteiger partial charge is 0.331 e. The van der Waals surface area contributed by atoms with E-state index in [0.29, 0.717) is 0 Å². The van der Waals surface area contributed by atoms with E-state index in [4.69, 9.17) is 14.2 Å². The van der Waals surface area contributed by atoms with Gasteiger partial charge in [0.05, 0.1) is 25.1 Å². The molecule has 0 bridgehead atoms. The Bertz CT molecular complexity index is 853. The fourth-order valence-electron chi connectivity index (χ4n) is 2.96. The Morgan fingerprint density at radius 1 is 1.03 bits per heavy atom. The first-order chi connectivity index (χ1) is 16.3. The van der Waals surface area contributed by atoms with Crippen molar-refractivity contribution in [3.63, 3.8) is 0 Å². The third kappa shape index (κ3) is 10.8. The van der Waals surface area contributed by atoms with Gasteiger partial charge in [0.15, 0.2) is 6.04 Å². The molecule has 196 valence electrons. The van der Waals surface area contributed by atoms with E-state index in [1.807, 2.05) is 51.1 Å². The second kappa shape index (κ2) is 14.2. The van der Waals surface area contributed by atoms with Gasteiger partial charge in [-0.05, 0) is 31.7 Å². The quantitative estimate of drug-likeness (QED) is 0.389. The zero-order valence-electron chi connectivity index (χ0n) is 21.6. The molecule has 35 heavy (non-hydrogen) atoms. The molecule has 1 aromatic rings. The van der Waals surface area contributed by atoms with Crippen LogP contribution in [-0.4, -0.2) is 66.7 Å². The van der Waals surface area contributed by atoms with E-state index in [0.717, 1.165) is 17.3 Å². The Labute approximate surface area is 212 Å². The standard InChI is InChI=1S/C25H38N2O7S/c1-8-34-22(30)18(15-33-14-17-12-10-9-11-13-17)26-23(31)25(5,6)27-21(29)20(24(2,3)4)35-19(28)16-32-7/h9-13,18,20H,8,14-16H2,1-7H3,(H,26,31)(H,27,29)/t18-,20-/m0/s1. The van der Waals surface area contributed by atoms with Crippen LogP contribution in [0.25, 0.3) is 0 Å². The minimum atomic E-state index is -1.38. The molecule has 0 unspecified atom stereocenters. The maximum atomic E-state index is 13.1. The number of rotatable bonds is 13. The largest absolute Gasteiger partial charge is 0.464 e. The fourth-order valence-corrected chi connectivity index (χ4v) is 3.92. The van der Waals surface area contributed by atoms with Gasteiger partial charge in [0, 0.05) is 7.11 Å². The highest BCUT2D eigenvalue weighted by molar-refractivity contribution is 8.14. The summed E-state index contributed by atoms with van der Waals surface area (Å²) in [7, 11) is 1.40. The number of methoxy groups -OCH3 is 1. The first-order valence-electron chi connectivity index (χ1n) is 11.4.